The zero-order valence-electron chi connectivity index (χ0n) is 8.38. The highest BCUT2D eigenvalue weighted by molar-refractivity contribution is 6.30. The molecule has 0 unspecified atom stereocenters. The van der Waals surface area contributed by atoms with Crippen LogP contribution in [0.5, 0.6) is 0 Å². The summed E-state index contributed by atoms with van der Waals surface area (Å²) < 4.78 is 0. The van der Waals surface area contributed by atoms with Crippen LogP contribution in [0.4, 0.5) is 5.69 Å². The molecule has 15 heavy (non-hydrogen) atoms. The Balaban J connectivity index is 0.00000112. The van der Waals surface area contributed by atoms with Gasteiger partial charge in [-0.1, -0.05) is 11.6 Å². The number of hydrogen-bond acceptors (Lipinski definition) is 3. The highest BCUT2D eigenvalue weighted by Gasteiger charge is 2.06. The van der Waals surface area contributed by atoms with E-state index in [1.54, 1.807) is 0 Å². The molecule has 0 amide bonds. The SMILES string of the molecule is Cc1cc(Cl)ccc1NC1=NCCN1.Cl. The molecule has 0 bridgehead atoms. The van der Waals surface area contributed by atoms with Crippen LogP contribution in [0.2, 0.25) is 5.02 Å². The number of halogens is 2. The highest BCUT2D eigenvalue weighted by Crippen LogP contribution is 2.19. The van der Waals surface area contributed by atoms with Gasteiger partial charge in [-0.05, 0) is 30.7 Å². The number of hydrogen-bond donors (Lipinski definition) is 2. The summed E-state index contributed by atoms with van der Waals surface area (Å²) in [6.07, 6.45) is 0. The third kappa shape index (κ3) is 3.01. The summed E-state index contributed by atoms with van der Waals surface area (Å²) in [4.78, 5) is 4.26. The fourth-order valence-corrected chi connectivity index (χ4v) is 1.60. The molecule has 1 aromatic carbocycles. The van der Waals surface area contributed by atoms with Crippen LogP contribution in [0.3, 0.4) is 0 Å². The van der Waals surface area contributed by atoms with Gasteiger partial charge in [0.25, 0.3) is 0 Å². The number of nitrogens with zero attached hydrogens (tertiary/aromatic N) is 1. The molecule has 2 rings (SSSR count). The van der Waals surface area contributed by atoms with E-state index in [-0.39, 0.29) is 12.4 Å². The van der Waals surface area contributed by atoms with Crippen LogP contribution in [0.15, 0.2) is 23.2 Å². The van der Waals surface area contributed by atoms with Crippen LogP contribution in [0.25, 0.3) is 0 Å². The third-order valence-corrected chi connectivity index (χ3v) is 2.35. The second-order valence-corrected chi connectivity index (χ2v) is 3.68. The normalized spacial score (nSPS) is 13.9. The monoisotopic (exact) mass is 245 g/mol. The molecule has 0 fully saturated rings. The highest BCUT2D eigenvalue weighted by atomic mass is 35.5. The van der Waals surface area contributed by atoms with Gasteiger partial charge in [-0.25, -0.2) is 0 Å². The molecule has 1 aliphatic heterocycles. The predicted octanol–water partition coefficient (Wildman–Crippen LogP) is 2.44. The van der Waals surface area contributed by atoms with E-state index in [2.05, 4.69) is 15.6 Å². The fourth-order valence-electron chi connectivity index (χ4n) is 1.38. The molecule has 1 aromatic rings. The van der Waals surface area contributed by atoms with Crippen molar-refractivity contribution >= 4 is 35.7 Å². The minimum atomic E-state index is 0. The van der Waals surface area contributed by atoms with E-state index < -0.39 is 0 Å². The van der Waals surface area contributed by atoms with Crippen molar-refractivity contribution in [3.63, 3.8) is 0 Å². The third-order valence-electron chi connectivity index (χ3n) is 2.12. The summed E-state index contributed by atoms with van der Waals surface area (Å²) in [5.41, 5.74) is 2.16. The number of aryl methyl sites for hydroxylation is 1. The minimum Gasteiger partial charge on any atom is -0.354 e. The van der Waals surface area contributed by atoms with Crippen LogP contribution < -0.4 is 10.6 Å². The van der Waals surface area contributed by atoms with Crippen LogP contribution in [0.1, 0.15) is 5.56 Å². The molecular formula is C10H13Cl2N3. The first-order valence-corrected chi connectivity index (χ1v) is 4.95. The Labute approximate surface area is 100 Å². The molecule has 2 N–H and O–H groups in total. The molecule has 0 saturated carbocycles. The number of guanidine groups is 1. The Kier molecular flexibility index (Phi) is 4.24. The van der Waals surface area contributed by atoms with Crippen molar-refractivity contribution in [2.24, 2.45) is 4.99 Å². The summed E-state index contributed by atoms with van der Waals surface area (Å²) in [5.74, 6) is 0.843. The maximum atomic E-state index is 5.86. The quantitative estimate of drug-likeness (QED) is 0.798. The van der Waals surface area contributed by atoms with E-state index in [0.717, 1.165) is 35.3 Å². The Morgan fingerprint density at radius 1 is 1.47 bits per heavy atom. The van der Waals surface area contributed by atoms with Gasteiger partial charge in [0, 0.05) is 17.3 Å². The Morgan fingerprint density at radius 3 is 2.87 bits per heavy atom. The molecular weight excluding hydrogens is 233 g/mol. The zero-order chi connectivity index (χ0) is 9.97. The predicted molar refractivity (Wildman–Crippen MR) is 67.4 cm³/mol. The summed E-state index contributed by atoms with van der Waals surface area (Å²) in [6, 6.07) is 5.76. The molecule has 0 aliphatic carbocycles. The molecule has 0 radical (unpaired) electrons. The zero-order valence-corrected chi connectivity index (χ0v) is 9.95. The van der Waals surface area contributed by atoms with E-state index in [4.69, 9.17) is 11.6 Å². The summed E-state index contributed by atoms with van der Waals surface area (Å²) in [6.45, 7) is 3.77. The lowest BCUT2D eigenvalue weighted by molar-refractivity contribution is 0.959. The summed E-state index contributed by atoms with van der Waals surface area (Å²) in [7, 11) is 0. The van der Waals surface area contributed by atoms with Crippen molar-refractivity contribution in [3.05, 3.63) is 28.8 Å². The van der Waals surface area contributed by atoms with Crippen molar-refractivity contribution in [1.29, 1.82) is 0 Å². The molecule has 0 aromatic heterocycles. The molecule has 0 atom stereocenters. The van der Waals surface area contributed by atoms with Crippen LogP contribution in [0, 0.1) is 6.92 Å². The van der Waals surface area contributed by atoms with Gasteiger partial charge in [-0.2, -0.15) is 0 Å². The molecule has 3 nitrogen and oxygen atoms in total. The molecule has 5 heteroatoms. The van der Waals surface area contributed by atoms with E-state index in [9.17, 15) is 0 Å². The first kappa shape index (κ1) is 12.1. The van der Waals surface area contributed by atoms with Gasteiger partial charge in [-0.3, -0.25) is 4.99 Å². The standard InChI is InChI=1S/C10H12ClN3.ClH/c1-7-6-8(11)2-3-9(7)14-10-12-4-5-13-10;/h2-3,6H,4-5H2,1H3,(H2,12,13,14);1H. The summed E-state index contributed by atoms with van der Waals surface area (Å²) in [5, 5.41) is 7.13. The number of nitrogens with one attached hydrogen (secondary N) is 2. The lowest BCUT2D eigenvalue weighted by Gasteiger charge is -2.09. The van der Waals surface area contributed by atoms with Crippen molar-refractivity contribution in [2.45, 2.75) is 6.92 Å². The van der Waals surface area contributed by atoms with Gasteiger partial charge in [0.2, 0.25) is 0 Å². The number of benzene rings is 1. The van der Waals surface area contributed by atoms with Crippen molar-refractivity contribution in [1.82, 2.24) is 5.32 Å². The van der Waals surface area contributed by atoms with Gasteiger partial charge >= 0.3 is 0 Å². The van der Waals surface area contributed by atoms with Crippen LogP contribution in [-0.2, 0) is 0 Å². The second kappa shape index (κ2) is 5.24. The smallest absolute Gasteiger partial charge is 0.195 e. The minimum absolute atomic E-state index is 0. The largest absolute Gasteiger partial charge is 0.354 e. The molecule has 1 aliphatic rings. The number of anilines is 1. The number of rotatable bonds is 1. The van der Waals surface area contributed by atoms with E-state index in [1.165, 1.54) is 0 Å². The Bertz CT molecular complexity index is 377. The van der Waals surface area contributed by atoms with E-state index in [1.807, 2.05) is 25.1 Å². The summed E-state index contributed by atoms with van der Waals surface area (Å²) >= 11 is 5.86. The van der Waals surface area contributed by atoms with Gasteiger partial charge in [0.15, 0.2) is 5.96 Å². The lowest BCUT2D eigenvalue weighted by Crippen LogP contribution is -2.26. The van der Waals surface area contributed by atoms with E-state index >= 15 is 0 Å². The first-order chi connectivity index (χ1) is 6.75. The molecule has 0 saturated heterocycles. The maximum absolute atomic E-state index is 5.86. The maximum Gasteiger partial charge on any atom is 0.195 e. The van der Waals surface area contributed by atoms with Gasteiger partial charge in [0.05, 0.1) is 6.54 Å². The van der Waals surface area contributed by atoms with Crippen molar-refractivity contribution in [3.8, 4) is 0 Å². The average molecular weight is 246 g/mol. The van der Waals surface area contributed by atoms with E-state index in [0.29, 0.717) is 0 Å². The molecule has 0 spiro atoms. The van der Waals surface area contributed by atoms with Gasteiger partial charge in [0.1, 0.15) is 0 Å². The van der Waals surface area contributed by atoms with Crippen molar-refractivity contribution in [2.75, 3.05) is 18.4 Å². The van der Waals surface area contributed by atoms with Gasteiger partial charge < -0.3 is 10.6 Å². The van der Waals surface area contributed by atoms with Crippen molar-refractivity contribution < 1.29 is 0 Å². The van der Waals surface area contributed by atoms with Gasteiger partial charge in [-0.15, -0.1) is 12.4 Å². The molecule has 1 heterocycles. The first-order valence-electron chi connectivity index (χ1n) is 4.57. The second-order valence-electron chi connectivity index (χ2n) is 3.24. The Hall–Kier alpha value is -0.930. The average Bonchev–Trinajstić information content (AvgIpc) is 2.62. The number of aliphatic imine (C=N–C) groups is 1. The van der Waals surface area contributed by atoms with Crippen LogP contribution >= 0.6 is 24.0 Å². The Morgan fingerprint density at radius 2 is 2.27 bits per heavy atom. The van der Waals surface area contributed by atoms with Crippen LogP contribution in [-0.4, -0.2) is 19.0 Å². The fraction of sp³-hybridized carbons (Fsp3) is 0.300. The topological polar surface area (TPSA) is 36.4 Å². The lowest BCUT2D eigenvalue weighted by atomic mass is 10.2. The molecule has 82 valence electrons.